The summed E-state index contributed by atoms with van der Waals surface area (Å²) >= 11 is 0. The molecule has 0 spiro atoms. The van der Waals surface area contributed by atoms with Crippen LogP contribution in [0.2, 0.25) is 0 Å². The number of anilines is 1. The maximum Gasteiger partial charge on any atom is 0.491 e. The molecule has 2 rings (SSSR count). The molecule has 17 heavy (non-hydrogen) atoms. The topological polar surface area (TPSA) is 66.4 Å². The van der Waals surface area contributed by atoms with E-state index in [0.717, 1.165) is 35.6 Å². The molecule has 0 saturated carbocycles. The van der Waals surface area contributed by atoms with Crippen molar-refractivity contribution in [2.75, 3.05) is 18.4 Å². The van der Waals surface area contributed by atoms with Gasteiger partial charge in [-0.3, -0.25) is 0 Å². The van der Waals surface area contributed by atoms with Gasteiger partial charge in [0.1, 0.15) is 5.82 Å². The van der Waals surface area contributed by atoms with Crippen molar-refractivity contribution in [1.82, 2.24) is 10.3 Å². The van der Waals surface area contributed by atoms with Crippen molar-refractivity contribution in [2.45, 2.75) is 13.5 Å². The Balaban J connectivity index is 1.96. The Hall–Kier alpha value is -1.53. The third kappa shape index (κ3) is 2.78. The SMILES string of the molecule is C=C(C)NCCNc1nccc2c1COB2O. The summed E-state index contributed by atoms with van der Waals surface area (Å²) in [5, 5.41) is 15.9. The Bertz CT molecular complexity index is 425. The van der Waals surface area contributed by atoms with E-state index in [1.807, 2.05) is 6.92 Å². The zero-order valence-corrected chi connectivity index (χ0v) is 9.86. The van der Waals surface area contributed by atoms with Crippen molar-refractivity contribution >= 4 is 18.4 Å². The Kier molecular flexibility index (Phi) is 3.66. The number of aromatic nitrogens is 1. The average Bonchev–Trinajstić information content (AvgIpc) is 2.67. The van der Waals surface area contributed by atoms with Crippen LogP contribution < -0.4 is 16.1 Å². The second kappa shape index (κ2) is 5.20. The fourth-order valence-electron chi connectivity index (χ4n) is 1.75. The lowest BCUT2D eigenvalue weighted by Crippen LogP contribution is -2.29. The van der Waals surface area contributed by atoms with E-state index in [-0.39, 0.29) is 0 Å². The molecule has 0 saturated heterocycles. The molecule has 1 aliphatic heterocycles. The lowest BCUT2D eigenvalue weighted by molar-refractivity contribution is 0.275. The van der Waals surface area contributed by atoms with Gasteiger partial charge < -0.3 is 20.3 Å². The van der Waals surface area contributed by atoms with Crippen molar-refractivity contribution in [3.63, 3.8) is 0 Å². The van der Waals surface area contributed by atoms with E-state index in [1.165, 1.54) is 0 Å². The molecule has 0 radical (unpaired) electrons. The first kappa shape index (κ1) is 11.9. The van der Waals surface area contributed by atoms with E-state index in [2.05, 4.69) is 22.2 Å². The molecule has 0 amide bonds. The van der Waals surface area contributed by atoms with E-state index >= 15 is 0 Å². The van der Waals surface area contributed by atoms with Gasteiger partial charge >= 0.3 is 7.12 Å². The summed E-state index contributed by atoms with van der Waals surface area (Å²) in [7, 11) is -0.818. The van der Waals surface area contributed by atoms with E-state index in [9.17, 15) is 5.02 Å². The van der Waals surface area contributed by atoms with Gasteiger partial charge in [-0.15, -0.1) is 0 Å². The number of fused-ring (bicyclic) bond motifs is 1. The van der Waals surface area contributed by atoms with Gasteiger partial charge in [0.05, 0.1) is 6.61 Å². The second-order valence-electron chi connectivity index (χ2n) is 4.02. The van der Waals surface area contributed by atoms with Gasteiger partial charge in [0, 0.05) is 30.5 Å². The molecule has 1 aromatic rings. The number of rotatable bonds is 5. The maximum atomic E-state index is 9.55. The molecular weight excluding hydrogens is 217 g/mol. The number of hydrogen-bond donors (Lipinski definition) is 3. The molecule has 0 bridgehead atoms. The quantitative estimate of drug-likeness (QED) is 0.487. The van der Waals surface area contributed by atoms with Crippen LogP contribution in [0.5, 0.6) is 0 Å². The van der Waals surface area contributed by atoms with Crippen LogP contribution in [0.15, 0.2) is 24.5 Å². The molecule has 0 unspecified atom stereocenters. The maximum absolute atomic E-state index is 9.55. The number of hydrogen-bond acceptors (Lipinski definition) is 5. The van der Waals surface area contributed by atoms with Gasteiger partial charge in [-0.2, -0.15) is 0 Å². The molecular formula is C11H16BN3O2. The van der Waals surface area contributed by atoms with Crippen LogP contribution in [0.1, 0.15) is 12.5 Å². The van der Waals surface area contributed by atoms with E-state index in [1.54, 1.807) is 12.3 Å². The zero-order chi connectivity index (χ0) is 12.3. The van der Waals surface area contributed by atoms with Gasteiger partial charge in [-0.25, -0.2) is 4.98 Å². The Morgan fingerprint density at radius 2 is 2.47 bits per heavy atom. The molecule has 6 heteroatoms. The summed E-state index contributed by atoms with van der Waals surface area (Å²) in [6.07, 6.45) is 1.67. The predicted octanol–water partition coefficient (Wildman–Crippen LogP) is -0.166. The lowest BCUT2D eigenvalue weighted by Gasteiger charge is -2.10. The van der Waals surface area contributed by atoms with Crippen LogP contribution in [0.3, 0.4) is 0 Å². The first-order valence-electron chi connectivity index (χ1n) is 5.59. The van der Waals surface area contributed by atoms with E-state index in [0.29, 0.717) is 6.61 Å². The van der Waals surface area contributed by atoms with Crippen LogP contribution in [0.25, 0.3) is 0 Å². The summed E-state index contributed by atoms with van der Waals surface area (Å²) in [6.45, 7) is 7.61. The minimum Gasteiger partial charge on any atom is -0.423 e. The standard InChI is InChI=1S/C11H16BN3O2/c1-8(2)13-5-6-15-11-9-7-17-12(16)10(9)3-4-14-11/h3-4,13,16H,1,5-7H2,2H3,(H,14,15). The normalized spacial score (nSPS) is 13.4. The highest BCUT2D eigenvalue weighted by Gasteiger charge is 2.29. The first-order valence-corrected chi connectivity index (χ1v) is 5.59. The van der Waals surface area contributed by atoms with Gasteiger partial charge in [0.2, 0.25) is 0 Å². The highest BCUT2D eigenvalue weighted by molar-refractivity contribution is 6.61. The van der Waals surface area contributed by atoms with Gasteiger partial charge in [-0.1, -0.05) is 6.58 Å². The smallest absolute Gasteiger partial charge is 0.423 e. The van der Waals surface area contributed by atoms with E-state index in [4.69, 9.17) is 4.65 Å². The number of nitrogens with zero attached hydrogens (tertiary/aromatic N) is 1. The van der Waals surface area contributed by atoms with Crippen LogP contribution in [0.4, 0.5) is 5.82 Å². The minimum absolute atomic E-state index is 0.403. The molecule has 90 valence electrons. The molecule has 2 heterocycles. The summed E-state index contributed by atoms with van der Waals surface area (Å²) < 4.78 is 5.15. The van der Waals surface area contributed by atoms with Crippen molar-refractivity contribution in [3.8, 4) is 0 Å². The Labute approximate surface area is 101 Å². The fourth-order valence-corrected chi connectivity index (χ4v) is 1.75. The van der Waals surface area contributed by atoms with Crippen LogP contribution >= 0.6 is 0 Å². The molecule has 5 nitrogen and oxygen atoms in total. The summed E-state index contributed by atoms with van der Waals surface area (Å²) in [6, 6.07) is 1.78. The van der Waals surface area contributed by atoms with Crippen molar-refractivity contribution in [1.29, 1.82) is 0 Å². The third-order valence-corrected chi connectivity index (χ3v) is 2.59. The Morgan fingerprint density at radius 1 is 1.65 bits per heavy atom. The van der Waals surface area contributed by atoms with Gasteiger partial charge in [-0.05, 0) is 18.5 Å². The molecule has 0 aromatic carbocycles. The van der Waals surface area contributed by atoms with Crippen molar-refractivity contribution < 1.29 is 9.68 Å². The fraction of sp³-hybridized carbons (Fsp3) is 0.364. The van der Waals surface area contributed by atoms with Crippen molar-refractivity contribution in [3.05, 3.63) is 30.1 Å². The summed E-state index contributed by atoms with van der Waals surface area (Å²) in [5.41, 5.74) is 2.68. The highest BCUT2D eigenvalue weighted by Crippen LogP contribution is 2.16. The Morgan fingerprint density at radius 3 is 3.24 bits per heavy atom. The molecule has 0 aliphatic carbocycles. The van der Waals surface area contributed by atoms with E-state index < -0.39 is 7.12 Å². The van der Waals surface area contributed by atoms with Crippen molar-refractivity contribution in [2.24, 2.45) is 0 Å². The first-order chi connectivity index (χ1) is 8.18. The number of allylic oxidation sites excluding steroid dienone is 1. The van der Waals surface area contributed by atoms with Gasteiger partial charge in [0.15, 0.2) is 0 Å². The second-order valence-corrected chi connectivity index (χ2v) is 4.02. The monoisotopic (exact) mass is 233 g/mol. The van der Waals surface area contributed by atoms with Gasteiger partial charge in [0.25, 0.3) is 0 Å². The minimum atomic E-state index is -0.818. The predicted molar refractivity (Wildman–Crippen MR) is 67.9 cm³/mol. The molecule has 1 aliphatic rings. The number of nitrogens with one attached hydrogen (secondary N) is 2. The molecule has 3 N–H and O–H groups in total. The largest absolute Gasteiger partial charge is 0.491 e. The van der Waals surface area contributed by atoms with Crippen LogP contribution in [-0.2, 0) is 11.3 Å². The van der Waals surface area contributed by atoms with Crippen LogP contribution in [0, 0.1) is 0 Å². The highest BCUT2D eigenvalue weighted by atomic mass is 16.5. The summed E-state index contributed by atoms with van der Waals surface area (Å²) in [4.78, 5) is 4.25. The number of pyridine rings is 1. The summed E-state index contributed by atoms with van der Waals surface area (Å²) in [5.74, 6) is 0.780. The van der Waals surface area contributed by atoms with Crippen LogP contribution in [-0.4, -0.2) is 30.2 Å². The third-order valence-electron chi connectivity index (χ3n) is 2.59. The average molecular weight is 233 g/mol. The zero-order valence-electron chi connectivity index (χ0n) is 9.86. The lowest BCUT2D eigenvalue weighted by atomic mass is 9.80. The molecule has 0 fully saturated rings. The molecule has 0 atom stereocenters. The molecule has 1 aromatic heterocycles.